The minimum atomic E-state index is 0.706. The highest BCUT2D eigenvalue weighted by Gasteiger charge is 2.04. The van der Waals surface area contributed by atoms with E-state index in [1.54, 1.807) is 14.2 Å². The van der Waals surface area contributed by atoms with Gasteiger partial charge in [-0.2, -0.15) is 0 Å². The topological polar surface area (TPSA) is 43.6 Å². The summed E-state index contributed by atoms with van der Waals surface area (Å²) in [6, 6.07) is 9.82. The van der Waals surface area contributed by atoms with Gasteiger partial charge in [-0.05, 0) is 52.4 Å². The Bertz CT molecular complexity index is 539. The standard InChI is InChI=1S/C14H16INO3/c1-17-12-5-3-10(7-13(12)18-2)8-16-9-11-4-6-14(15)19-11/h3-7,16H,8-9H2,1-2H3. The van der Waals surface area contributed by atoms with Crippen molar-refractivity contribution >= 4 is 22.6 Å². The van der Waals surface area contributed by atoms with Gasteiger partial charge in [0.25, 0.3) is 0 Å². The van der Waals surface area contributed by atoms with E-state index in [9.17, 15) is 0 Å². The van der Waals surface area contributed by atoms with Crippen LogP contribution < -0.4 is 14.8 Å². The van der Waals surface area contributed by atoms with Gasteiger partial charge in [-0.3, -0.25) is 0 Å². The Morgan fingerprint density at radius 2 is 1.84 bits per heavy atom. The average molecular weight is 373 g/mol. The highest BCUT2D eigenvalue weighted by atomic mass is 127. The molecule has 2 aromatic rings. The molecule has 0 saturated carbocycles. The zero-order valence-corrected chi connectivity index (χ0v) is 13.1. The van der Waals surface area contributed by atoms with E-state index in [1.807, 2.05) is 30.3 Å². The molecule has 1 aromatic carbocycles. The summed E-state index contributed by atoms with van der Waals surface area (Å²) in [6.07, 6.45) is 0. The van der Waals surface area contributed by atoms with Gasteiger partial charge in [0.2, 0.25) is 0 Å². The quantitative estimate of drug-likeness (QED) is 0.790. The van der Waals surface area contributed by atoms with Crippen molar-refractivity contribution in [1.82, 2.24) is 5.32 Å². The summed E-state index contributed by atoms with van der Waals surface area (Å²) in [5.74, 6) is 2.42. The van der Waals surface area contributed by atoms with Crippen molar-refractivity contribution in [3.8, 4) is 11.5 Å². The predicted octanol–water partition coefficient (Wildman–Crippen LogP) is 3.19. The highest BCUT2D eigenvalue weighted by Crippen LogP contribution is 2.27. The van der Waals surface area contributed by atoms with Crippen LogP contribution in [0.5, 0.6) is 11.5 Å². The molecule has 5 heteroatoms. The Morgan fingerprint density at radius 3 is 2.47 bits per heavy atom. The zero-order valence-electron chi connectivity index (χ0n) is 10.9. The van der Waals surface area contributed by atoms with E-state index < -0.39 is 0 Å². The second-order valence-electron chi connectivity index (χ2n) is 4.00. The van der Waals surface area contributed by atoms with Crippen molar-refractivity contribution in [2.75, 3.05) is 14.2 Å². The maximum absolute atomic E-state index is 5.48. The molecule has 0 aliphatic heterocycles. The number of ether oxygens (including phenoxy) is 2. The summed E-state index contributed by atoms with van der Waals surface area (Å²) >= 11 is 2.16. The van der Waals surface area contributed by atoms with E-state index in [1.165, 1.54) is 0 Å². The van der Waals surface area contributed by atoms with Gasteiger partial charge in [0, 0.05) is 6.54 Å². The Kier molecular flexibility index (Phi) is 5.09. The summed E-state index contributed by atoms with van der Waals surface area (Å²) in [5, 5.41) is 3.33. The van der Waals surface area contributed by atoms with E-state index in [0.29, 0.717) is 6.54 Å². The molecule has 0 unspecified atom stereocenters. The highest BCUT2D eigenvalue weighted by molar-refractivity contribution is 14.1. The first-order valence-electron chi connectivity index (χ1n) is 5.88. The summed E-state index contributed by atoms with van der Waals surface area (Å²) in [6.45, 7) is 1.45. The molecule has 0 fully saturated rings. The normalized spacial score (nSPS) is 10.5. The van der Waals surface area contributed by atoms with Crippen molar-refractivity contribution in [2.45, 2.75) is 13.1 Å². The number of halogens is 1. The first kappa shape index (κ1) is 14.2. The van der Waals surface area contributed by atoms with Gasteiger partial charge in [0.15, 0.2) is 15.3 Å². The second-order valence-corrected chi connectivity index (χ2v) is 5.06. The average Bonchev–Trinajstić information content (AvgIpc) is 2.84. The molecule has 1 heterocycles. The fourth-order valence-corrected chi connectivity index (χ4v) is 2.23. The molecule has 0 atom stereocenters. The number of hydrogen-bond donors (Lipinski definition) is 1. The molecular formula is C14H16INO3. The Morgan fingerprint density at radius 1 is 1.05 bits per heavy atom. The van der Waals surface area contributed by atoms with Crippen LogP contribution in [0.25, 0.3) is 0 Å². The number of rotatable bonds is 6. The Balaban J connectivity index is 1.92. The van der Waals surface area contributed by atoms with Gasteiger partial charge in [0.05, 0.1) is 20.8 Å². The largest absolute Gasteiger partial charge is 0.493 e. The maximum atomic E-state index is 5.48. The first-order chi connectivity index (χ1) is 9.22. The van der Waals surface area contributed by atoms with E-state index in [-0.39, 0.29) is 0 Å². The number of furan rings is 1. The van der Waals surface area contributed by atoms with Crippen LogP contribution in [0.3, 0.4) is 0 Å². The SMILES string of the molecule is COc1ccc(CNCc2ccc(I)o2)cc1OC. The number of nitrogens with one attached hydrogen (secondary N) is 1. The summed E-state index contributed by atoms with van der Waals surface area (Å²) < 4.78 is 16.9. The van der Waals surface area contributed by atoms with Gasteiger partial charge in [0.1, 0.15) is 5.76 Å². The van der Waals surface area contributed by atoms with Crippen molar-refractivity contribution < 1.29 is 13.9 Å². The molecule has 2 rings (SSSR count). The van der Waals surface area contributed by atoms with Gasteiger partial charge in [-0.1, -0.05) is 6.07 Å². The summed E-state index contributed by atoms with van der Waals surface area (Å²) in [7, 11) is 3.27. The first-order valence-corrected chi connectivity index (χ1v) is 6.96. The molecule has 0 aliphatic rings. The monoisotopic (exact) mass is 373 g/mol. The van der Waals surface area contributed by atoms with Crippen molar-refractivity contribution in [1.29, 1.82) is 0 Å². The molecule has 1 N–H and O–H groups in total. The fourth-order valence-electron chi connectivity index (χ4n) is 1.77. The van der Waals surface area contributed by atoms with Crippen molar-refractivity contribution in [3.05, 3.63) is 45.4 Å². The number of benzene rings is 1. The predicted molar refractivity (Wildman–Crippen MR) is 81.5 cm³/mol. The third-order valence-electron chi connectivity index (χ3n) is 2.71. The lowest BCUT2D eigenvalue weighted by Crippen LogP contribution is -2.12. The minimum absolute atomic E-state index is 0.706. The van der Waals surface area contributed by atoms with Crippen molar-refractivity contribution in [2.24, 2.45) is 0 Å². The van der Waals surface area contributed by atoms with E-state index in [4.69, 9.17) is 13.9 Å². The lowest BCUT2D eigenvalue weighted by atomic mass is 10.2. The van der Waals surface area contributed by atoms with E-state index in [2.05, 4.69) is 27.9 Å². The van der Waals surface area contributed by atoms with Crippen LogP contribution >= 0.6 is 22.6 Å². The molecule has 0 bridgehead atoms. The van der Waals surface area contributed by atoms with Crippen LogP contribution in [-0.4, -0.2) is 14.2 Å². The molecular weight excluding hydrogens is 357 g/mol. The minimum Gasteiger partial charge on any atom is -0.493 e. The van der Waals surface area contributed by atoms with Crippen LogP contribution in [0.15, 0.2) is 34.7 Å². The smallest absolute Gasteiger partial charge is 0.164 e. The van der Waals surface area contributed by atoms with Gasteiger partial charge in [-0.25, -0.2) is 0 Å². The van der Waals surface area contributed by atoms with Gasteiger partial charge in [-0.15, -0.1) is 0 Å². The maximum Gasteiger partial charge on any atom is 0.164 e. The lowest BCUT2D eigenvalue weighted by Gasteiger charge is -2.09. The van der Waals surface area contributed by atoms with E-state index >= 15 is 0 Å². The third kappa shape index (κ3) is 3.87. The van der Waals surface area contributed by atoms with Crippen LogP contribution in [0.4, 0.5) is 0 Å². The number of methoxy groups -OCH3 is 2. The van der Waals surface area contributed by atoms with E-state index in [0.717, 1.165) is 33.1 Å². The van der Waals surface area contributed by atoms with Crippen LogP contribution in [-0.2, 0) is 13.1 Å². The fraction of sp³-hybridized carbons (Fsp3) is 0.286. The molecule has 4 nitrogen and oxygen atoms in total. The Labute approximate surface area is 126 Å². The van der Waals surface area contributed by atoms with Crippen LogP contribution in [0.2, 0.25) is 0 Å². The Hall–Kier alpha value is -1.21. The molecule has 1 aromatic heterocycles. The molecule has 0 radical (unpaired) electrons. The molecule has 102 valence electrons. The zero-order chi connectivity index (χ0) is 13.7. The van der Waals surface area contributed by atoms with Crippen molar-refractivity contribution in [3.63, 3.8) is 0 Å². The molecule has 0 amide bonds. The molecule has 0 saturated heterocycles. The second kappa shape index (κ2) is 6.81. The summed E-state index contributed by atoms with van der Waals surface area (Å²) in [4.78, 5) is 0. The molecule has 19 heavy (non-hydrogen) atoms. The summed E-state index contributed by atoms with van der Waals surface area (Å²) in [5.41, 5.74) is 1.14. The van der Waals surface area contributed by atoms with Gasteiger partial charge >= 0.3 is 0 Å². The van der Waals surface area contributed by atoms with Gasteiger partial charge < -0.3 is 19.2 Å². The van der Waals surface area contributed by atoms with Crippen LogP contribution in [0, 0.1) is 3.77 Å². The lowest BCUT2D eigenvalue weighted by molar-refractivity contribution is 0.354. The third-order valence-corrected chi connectivity index (χ3v) is 3.28. The molecule has 0 spiro atoms. The number of hydrogen-bond acceptors (Lipinski definition) is 4. The molecule has 0 aliphatic carbocycles. The van der Waals surface area contributed by atoms with Crippen LogP contribution in [0.1, 0.15) is 11.3 Å².